The summed E-state index contributed by atoms with van der Waals surface area (Å²) in [6, 6.07) is 9.95. The van der Waals surface area contributed by atoms with Gasteiger partial charge in [0.05, 0.1) is 30.5 Å². The average molecular weight is 353 g/mol. The van der Waals surface area contributed by atoms with Crippen molar-refractivity contribution >= 4 is 35.3 Å². The number of amides is 1. The van der Waals surface area contributed by atoms with Gasteiger partial charge in [0.2, 0.25) is 0 Å². The van der Waals surface area contributed by atoms with E-state index in [0.29, 0.717) is 32.7 Å². The topological polar surface area (TPSA) is 59.9 Å². The molecule has 0 saturated carbocycles. The standard InChI is InChI=1S/C16H14Cl2N2O3/c1-22-12-5-3-11(4-6-12)16(21)20-19-9-10-7-13(17)15(23-2)14(18)8-10/h3-9H,1-2H3,(H,20,21). The number of hydrazone groups is 1. The molecule has 0 saturated heterocycles. The minimum Gasteiger partial charge on any atom is -0.497 e. The smallest absolute Gasteiger partial charge is 0.271 e. The summed E-state index contributed by atoms with van der Waals surface area (Å²) in [4.78, 5) is 11.9. The zero-order valence-corrected chi connectivity index (χ0v) is 14.0. The lowest BCUT2D eigenvalue weighted by Gasteiger charge is -2.06. The van der Waals surface area contributed by atoms with Gasteiger partial charge in [-0.1, -0.05) is 23.2 Å². The molecule has 1 N–H and O–H groups in total. The zero-order valence-electron chi connectivity index (χ0n) is 12.5. The molecule has 2 rings (SSSR count). The molecule has 0 spiro atoms. The summed E-state index contributed by atoms with van der Waals surface area (Å²) in [5, 5.41) is 4.61. The highest BCUT2D eigenvalue weighted by atomic mass is 35.5. The third-order valence-electron chi connectivity index (χ3n) is 2.96. The van der Waals surface area contributed by atoms with Crippen LogP contribution in [0.4, 0.5) is 0 Å². The predicted octanol–water partition coefficient (Wildman–Crippen LogP) is 3.77. The molecule has 0 aliphatic rings. The van der Waals surface area contributed by atoms with Gasteiger partial charge in [-0.25, -0.2) is 5.43 Å². The highest BCUT2D eigenvalue weighted by molar-refractivity contribution is 6.37. The first-order valence-corrected chi connectivity index (χ1v) is 7.31. The van der Waals surface area contributed by atoms with Gasteiger partial charge in [-0.2, -0.15) is 5.10 Å². The second kappa shape index (κ2) is 7.85. The maximum absolute atomic E-state index is 11.9. The second-order valence-electron chi connectivity index (χ2n) is 4.45. The van der Waals surface area contributed by atoms with Crippen molar-refractivity contribution in [2.24, 2.45) is 5.10 Å². The van der Waals surface area contributed by atoms with Crippen molar-refractivity contribution in [3.63, 3.8) is 0 Å². The van der Waals surface area contributed by atoms with Gasteiger partial charge in [0.1, 0.15) is 5.75 Å². The van der Waals surface area contributed by atoms with Crippen molar-refractivity contribution in [3.05, 3.63) is 57.6 Å². The van der Waals surface area contributed by atoms with Gasteiger partial charge in [-0.05, 0) is 42.0 Å². The first-order valence-electron chi connectivity index (χ1n) is 6.55. The highest BCUT2D eigenvalue weighted by Gasteiger charge is 2.08. The molecule has 0 aromatic heterocycles. The Hall–Kier alpha value is -2.24. The summed E-state index contributed by atoms with van der Waals surface area (Å²) < 4.78 is 10.1. The van der Waals surface area contributed by atoms with Crippen LogP contribution in [0.15, 0.2) is 41.5 Å². The molecule has 2 aromatic carbocycles. The minimum atomic E-state index is -0.338. The van der Waals surface area contributed by atoms with Crippen LogP contribution in [-0.4, -0.2) is 26.3 Å². The highest BCUT2D eigenvalue weighted by Crippen LogP contribution is 2.33. The van der Waals surface area contributed by atoms with E-state index in [0.717, 1.165) is 0 Å². The van der Waals surface area contributed by atoms with Crippen LogP contribution in [0.1, 0.15) is 15.9 Å². The molecule has 23 heavy (non-hydrogen) atoms. The third kappa shape index (κ3) is 4.37. The molecular formula is C16H14Cl2N2O3. The number of hydrogen-bond acceptors (Lipinski definition) is 4. The van der Waals surface area contributed by atoms with E-state index in [-0.39, 0.29) is 5.91 Å². The van der Waals surface area contributed by atoms with E-state index in [2.05, 4.69) is 10.5 Å². The van der Waals surface area contributed by atoms with Crippen molar-refractivity contribution < 1.29 is 14.3 Å². The van der Waals surface area contributed by atoms with E-state index in [1.165, 1.54) is 13.3 Å². The molecule has 1 amide bonds. The molecule has 120 valence electrons. The number of carbonyl (C=O) groups is 1. The van der Waals surface area contributed by atoms with Gasteiger partial charge in [-0.3, -0.25) is 4.79 Å². The van der Waals surface area contributed by atoms with E-state index < -0.39 is 0 Å². The average Bonchev–Trinajstić information content (AvgIpc) is 2.54. The molecule has 7 heteroatoms. The Labute approximate surface area is 143 Å². The lowest BCUT2D eigenvalue weighted by molar-refractivity contribution is 0.0955. The van der Waals surface area contributed by atoms with Gasteiger partial charge >= 0.3 is 0 Å². The lowest BCUT2D eigenvalue weighted by atomic mass is 10.2. The monoisotopic (exact) mass is 352 g/mol. The van der Waals surface area contributed by atoms with Crippen molar-refractivity contribution in [3.8, 4) is 11.5 Å². The molecule has 0 radical (unpaired) electrons. The van der Waals surface area contributed by atoms with E-state index in [1.807, 2.05) is 0 Å². The van der Waals surface area contributed by atoms with Crippen LogP contribution < -0.4 is 14.9 Å². The van der Waals surface area contributed by atoms with E-state index >= 15 is 0 Å². The Morgan fingerprint density at radius 3 is 2.22 bits per heavy atom. The quantitative estimate of drug-likeness (QED) is 0.658. The molecule has 5 nitrogen and oxygen atoms in total. The summed E-state index contributed by atoms with van der Waals surface area (Å²) >= 11 is 12.1. The van der Waals surface area contributed by atoms with E-state index in [4.69, 9.17) is 32.7 Å². The molecular weight excluding hydrogens is 339 g/mol. The number of nitrogens with one attached hydrogen (secondary N) is 1. The molecule has 0 bridgehead atoms. The molecule has 0 aliphatic heterocycles. The largest absolute Gasteiger partial charge is 0.497 e. The van der Waals surface area contributed by atoms with Crippen LogP contribution in [-0.2, 0) is 0 Å². The zero-order chi connectivity index (χ0) is 16.8. The van der Waals surface area contributed by atoms with Crippen molar-refractivity contribution in [2.75, 3.05) is 14.2 Å². The fourth-order valence-corrected chi connectivity index (χ4v) is 2.48. The maximum atomic E-state index is 11.9. The SMILES string of the molecule is COc1ccc(C(=O)NN=Cc2cc(Cl)c(OC)c(Cl)c2)cc1. The Kier molecular flexibility index (Phi) is 5.84. The summed E-state index contributed by atoms with van der Waals surface area (Å²) in [6.07, 6.45) is 1.44. The number of hydrogen-bond donors (Lipinski definition) is 1. The Bertz CT molecular complexity index is 708. The van der Waals surface area contributed by atoms with Crippen LogP contribution in [0, 0.1) is 0 Å². The summed E-state index contributed by atoms with van der Waals surface area (Å²) in [6.45, 7) is 0. The first-order chi connectivity index (χ1) is 11.0. The summed E-state index contributed by atoms with van der Waals surface area (Å²) in [7, 11) is 3.04. The van der Waals surface area contributed by atoms with E-state index in [9.17, 15) is 4.79 Å². The third-order valence-corrected chi connectivity index (χ3v) is 3.52. The number of methoxy groups -OCH3 is 2. The fourth-order valence-electron chi connectivity index (χ4n) is 1.82. The summed E-state index contributed by atoms with van der Waals surface area (Å²) in [5.74, 6) is 0.731. The predicted molar refractivity (Wildman–Crippen MR) is 91.1 cm³/mol. The van der Waals surface area contributed by atoms with Gasteiger partial charge < -0.3 is 9.47 Å². The fraction of sp³-hybridized carbons (Fsp3) is 0.125. The first kappa shape index (κ1) is 17.1. The molecule has 0 atom stereocenters. The Balaban J connectivity index is 2.04. The van der Waals surface area contributed by atoms with Crippen molar-refractivity contribution in [1.82, 2.24) is 5.43 Å². The number of benzene rings is 2. The van der Waals surface area contributed by atoms with Gasteiger partial charge in [0.15, 0.2) is 5.75 Å². The van der Waals surface area contributed by atoms with Crippen molar-refractivity contribution in [2.45, 2.75) is 0 Å². The maximum Gasteiger partial charge on any atom is 0.271 e. The van der Waals surface area contributed by atoms with Crippen LogP contribution >= 0.6 is 23.2 Å². The number of rotatable bonds is 5. The van der Waals surface area contributed by atoms with Crippen LogP contribution in [0.5, 0.6) is 11.5 Å². The molecule has 0 heterocycles. The summed E-state index contributed by atoms with van der Waals surface area (Å²) in [5.41, 5.74) is 3.53. The van der Waals surface area contributed by atoms with Gasteiger partial charge in [0, 0.05) is 5.56 Å². The molecule has 0 aliphatic carbocycles. The molecule has 2 aromatic rings. The van der Waals surface area contributed by atoms with Crippen LogP contribution in [0.2, 0.25) is 10.0 Å². The lowest BCUT2D eigenvalue weighted by Crippen LogP contribution is -2.17. The molecule has 0 fully saturated rings. The van der Waals surface area contributed by atoms with Gasteiger partial charge in [-0.15, -0.1) is 0 Å². The van der Waals surface area contributed by atoms with Crippen molar-refractivity contribution in [1.29, 1.82) is 0 Å². The Morgan fingerprint density at radius 1 is 1.09 bits per heavy atom. The molecule has 0 unspecified atom stereocenters. The van der Waals surface area contributed by atoms with Crippen LogP contribution in [0.3, 0.4) is 0 Å². The normalized spacial score (nSPS) is 10.6. The number of carbonyl (C=O) groups excluding carboxylic acids is 1. The number of halogens is 2. The second-order valence-corrected chi connectivity index (χ2v) is 5.26. The number of ether oxygens (including phenoxy) is 2. The number of nitrogens with zero attached hydrogens (tertiary/aromatic N) is 1. The Morgan fingerprint density at radius 2 is 1.70 bits per heavy atom. The van der Waals surface area contributed by atoms with Crippen LogP contribution in [0.25, 0.3) is 0 Å². The minimum absolute atomic E-state index is 0.338. The van der Waals surface area contributed by atoms with Gasteiger partial charge in [0.25, 0.3) is 5.91 Å². The van der Waals surface area contributed by atoms with E-state index in [1.54, 1.807) is 43.5 Å².